The quantitative estimate of drug-likeness (QED) is 0.530. The van der Waals surface area contributed by atoms with E-state index in [-0.39, 0.29) is 12.1 Å². The number of nitrogens with one attached hydrogen (secondary N) is 2. The van der Waals surface area contributed by atoms with Crippen LogP contribution in [0, 0.1) is 5.92 Å². The lowest BCUT2D eigenvalue weighted by Crippen LogP contribution is -2.60. The third-order valence-corrected chi connectivity index (χ3v) is 3.21. The maximum absolute atomic E-state index is 9.48. The molecule has 2 unspecified atom stereocenters. The minimum absolute atomic E-state index is 0.107. The molecule has 4 nitrogen and oxygen atoms in total. The monoisotopic (exact) mass is 202 g/mol. The van der Waals surface area contributed by atoms with E-state index in [1.807, 2.05) is 0 Å². The summed E-state index contributed by atoms with van der Waals surface area (Å²) in [4.78, 5) is 0. The van der Waals surface area contributed by atoms with Crippen LogP contribution in [0.1, 0.15) is 13.3 Å². The normalized spacial score (nSPS) is 33.2. The predicted octanol–water partition coefficient (Wildman–Crippen LogP) is -0.417. The van der Waals surface area contributed by atoms with Gasteiger partial charge in [-0.3, -0.25) is 0 Å². The molecule has 1 aliphatic rings. The van der Waals surface area contributed by atoms with Crippen LogP contribution in [0.3, 0.4) is 0 Å². The van der Waals surface area contributed by atoms with Crippen molar-refractivity contribution in [3.05, 3.63) is 0 Å². The number of aliphatic hydroxyl groups excluding tert-OH is 1. The number of hydrogen-bond acceptors (Lipinski definition) is 4. The summed E-state index contributed by atoms with van der Waals surface area (Å²) in [6, 6.07) is 0. The lowest BCUT2D eigenvalue weighted by Gasteiger charge is -2.42. The third kappa shape index (κ3) is 2.67. The standard InChI is InChI=1S/C10H22N2O2/c1-9-7-11-4-3-10(9,8-13)12-5-6-14-2/h9,11-13H,3-8H2,1-2H3. The van der Waals surface area contributed by atoms with E-state index in [1.165, 1.54) is 0 Å². The highest BCUT2D eigenvalue weighted by atomic mass is 16.5. The first-order chi connectivity index (χ1) is 6.75. The fourth-order valence-electron chi connectivity index (χ4n) is 2.03. The first-order valence-corrected chi connectivity index (χ1v) is 5.31. The predicted molar refractivity (Wildman–Crippen MR) is 56.3 cm³/mol. The van der Waals surface area contributed by atoms with Gasteiger partial charge in [-0.1, -0.05) is 6.92 Å². The van der Waals surface area contributed by atoms with Crippen molar-refractivity contribution in [3.8, 4) is 0 Å². The van der Waals surface area contributed by atoms with Crippen molar-refractivity contribution in [3.63, 3.8) is 0 Å². The molecule has 2 atom stereocenters. The average molecular weight is 202 g/mol. The summed E-state index contributed by atoms with van der Waals surface area (Å²) < 4.78 is 5.00. The number of aliphatic hydroxyl groups is 1. The van der Waals surface area contributed by atoms with Crippen molar-refractivity contribution in [2.24, 2.45) is 5.92 Å². The number of methoxy groups -OCH3 is 1. The fraction of sp³-hybridized carbons (Fsp3) is 1.00. The van der Waals surface area contributed by atoms with E-state index >= 15 is 0 Å². The molecule has 0 aromatic heterocycles. The lowest BCUT2D eigenvalue weighted by molar-refractivity contribution is 0.0740. The molecule has 0 aliphatic carbocycles. The Kier molecular flexibility index (Phi) is 4.81. The van der Waals surface area contributed by atoms with Gasteiger partial charge in [-0.15, -0.1) is 0 Å². The van der Waals surface area contributed by atoms with Gasteiger partial charge in [0.15, 0.2) is 0 Å². The highest BCUT2D eigenvalue weighted by molar-refractivity contribution is 4.96. The molecular weight excluding hydrogens is 180 g/mol. The Morgan fingerprint density at radius 3 is 3.00 bits per heavy atom. The number of rotatable bonds is 5. The van der Waals surface area contributed by atoms with Crippen molar-refractivity contribution in [1.82, 2.24) is 10.6 Å². The van der Waals surface area contributed by atoms with Crippen molar-refractivity contribution in [2.75, 3.05) is 40.0 Å². The Balaban J connectivity index is 2.45. The summed E-state index contributed by atoms with van der Waals surface area (Å²) in [6.45, 7) is 5.83. The molecular formula is C10H22N2O2. The molecule has 1 fully saturated rings. The van der Waals surface area contributed by atoms with Crippen LogP contribution in [0.5, 0.6) is 0 Å². The molecule has 1 heterocycles. The Hall–Kier alpha value is -0.160. The molecule has 0 bridgehead atoms. The highest BCUT2D eigenvalue weighted by Crippen LogP contribution is 2.23. The van der Waals surface area contributed by atoms with Crippen LogP contribution in [0.4, 0.5) is 0 Å². The second-order valence-corrected chi connectivity index (χ2v) is 4.09. The first kappa shape index (κ1) is 11.9. The molecule has 1 rings (SSSR count). The van der Waals surface area contributed by atoms with E-state index in [4.69, 9.17) is 4.74 Å². The van der Waals surface area contributed by atoms with Crippen LogP contribution >= 0.6 is 0 Å². The van der Waals surface area contributed by atoms with Gasteiger partial charge in [-0.2, -0.15) is 0 Å². The first-order valence-electron chi connectivity index (χ1n) is 5.31. The van der Waals surface area contributed by atoms with E-state index in [0.29, 0.717) is 12.5 Å². The molecule has 1 saturated heterocycles. The third-order valence-electron chi connectivity index (χ3n) is 3.21. The molecule has 0 saturated carbocycles. The van der Waals surface area contributed by atoms with E-state index in [9.17, 15) is 5.11 Å². The highest BCUT2D eigenvalue weighted by Gasteiger charge is 2.36. The van der Waals surface area contributed by atoms with Gasteiger partial charge in [0.2, 0.25) is 0 Å². The van der Waals surface area contributed by atoms with Gasteiger partial charge >= 0.3 is 0 Å². The Morgan fingerprint density at radius 1 is 1.64 bits per heavy atom. The molecule has 1 aliphatic heterocycles. The van der Waals surface area contributed by atoms with Gasteiger partial charge in [-0.25, -0.2) is 0 Å². The summed E-state index contributed by atoms with van der Waals surface area (Å²) in [5.74, 6) is 0.457. The van der Waals surface area contributed by atoms with Crippen LogP contribution in [0.2, 0.25) is 0 Å². The molecule has 0 spiro atoms. The minimum atomic E-state index is -0.107. The van der Waals surface area contributed by atoms with Crippen LogP contribution in [-0.2, 0) is 4.74 Å². The maximum Gasteiger partial charge on any atom is 0.0616 e. The smallest absolute Gasteiger partial charge is 0.0616 e. The van der Waals surface area contributed by atoms with Gasteiger partial charge in [0.05, 0.1) is 13.2 Å². The largest absolute Gasteiger partial charge is 0.394 e. The molecule has 0 amide bonds. The van der Waals surface area contributed by atoms with Crippen molar-refractivity contribution < 1.29 is 9.84 Å². The molecule has 3 N–H and O–H groups in total. The van der Waals surface area contributed by atoms with Gasteiger partial charge in [0.1, 0.15) is 0 Å². The van der Waals surface area contributed by atoms with E-state index in [0.717, 1.165) is 26.1 Å². The van der Waals surface area contributed by atoms with E-state index < -0.39 is 0 Å². The van der Waals surface area contributed by atoms with Crippen molar-refractivity contribution in [2.45, 2.75) is 18.9 Å². The van der Waals surface area contributed by atoms with Gasteiger partial charge in [0, 0.05) is 19.2 Å². The van der Waals surface area contributed by atoms with Crippen LogP contribution in [0.25, 0.3) is 0 Å². The zero-order chi connectivity index (χ0) is 10.4. The second-order valence-electron chi connectivity index (χ2n) is 4.09. The van der Waals surface area contributed by atoms with Crippen LogP contribution < -0.4 is 10.6 Å². The molecule has 14 heavy (non-hydrogen) atoms. The fourth-order valence-corrected chi connectivity index (χ4v) is 2.03. The van der Waals surface area contributed by atoms with Crippen LogP contribution in [0.15, 0.2) is 0 Å². The average Bonchev–Trinajstić information content (AvgIpc) is 2.21. The maximum atomic E-state index is 9.48. The van der Waals surface area contributed by atoms with Crippen molar-refractivity contribution in [1.29, 1.82) is 0 Å². The summed E-state index contributed by atoms with van der Waals surface area (Å²) in [6.07, 6.45) is 0.981. The minimum Gasteiger partial charge on any atom is -0.394 e. The molecule has 0 radical (unpaired) electrons. The summed E-state index contributed by atoms with van der Waals surface area (Å²) >= 11 is 0. The van der Waals surface area contributed by atoms with E-state index in [2.05, 4.69) is 17.6 Å². The zero-order valence-corrected chi connectivity index (χ0v) is 9.18. The number of ether oxygens (including phenoxy) is 1. The molecule has 0 aromatic rings. The van der Waals surface area contributed by atoms with Crippen molar-refractivity contribution >= 4 is 0 Å². The number of piperidine rings is 1. The topological polar surface area (TPSA) is 53.5 Å². The number of hydrogen-bond donors (Lipinski definition) is 3. The molecule has 84 valence electrons. The Morgan fingerprint density at radius 2 is 2.43 bits per heavy atom. The lowest BCUT2D eigenvalue weighted by atomic mass is 9.80. The summed E-state index contributed by atoms with van der Waals surface area (Å²) in [5, 5.41) is 16.2. The molecule has 0 aromatic carbocycles. The Bertz CT molecular complexity index is 166. The van der Waals surface area contributed by atoms with E-state index in [1.54, 1.807) is 7.11 Å². The molecule has 4 heteroatoms. The summed E-state index contributed by atoms with van der Waals surface area (Å²) in [5.41, 5.74) is -0.107. The van der Waals surface area contributed by atoms with Crippen LogP contribution in [-0.4, -0.2) is 50.6 Å². The van der Waals surface area contributed by atoms with Gasteiger partial charge in [0.25, 0.3) is 0 Å². The van der Waals surface area contributed by atoms with Gasteiger partial charge < -0.3 is 20.5 Å². The second kappa shape index (κ2) is 5.66. The van der Waals surface area contributed by atoms with Gasteiger partial charge in [-0.05, 0) is 25.4 Å². The summed E-state index contributed by atoms with van der Waals surface area (Å²) in [7, 11) is 1.69. The SMILES string of the molecule is COCCNC1(CO)CCNCC1C. The Labute approximate surface area is 86.0 Å². The zero-order valence-electron chi connectivity index (χ0n) is 9.18.